The van der Waals surface area contributed by atoms with Crippen LogP contribution in [0.3, 0.4) is 0 Å². The molecule has 2 unspecified atom stereocenters. The summed E-state index contributed by atoms with van der Waals surface area (Å²) in [5.74, 6) is 0.930. The van der Waals surface area contributed by atoms with Gasteiger partial charge in [0, 0.05) is 13.2 Å². The Morgan fingerprint density at radius 2 is 2.08 bits per heavy atom. The molecule has 136 valence electrons. The van der Waals surface area contributed by atoms with E-state index in [2.05, 4.69) is 18.5 Å². The van der Waals surface area contributed by atoms with Crippen molar-refractivity contribution in [2.75, 3.05) is 23.9 Å². The van der Waals surface area contributed by atoms with Gasteiger partial charge in [-0.15, -0.1) is 0 Å². The van der Waals surface area contributed by atoms with Crippen LogP contribution in [0.2, 0.25) is 0 Å². The molecule has 0 saturated heterocycles. The fraction of sp³-hybridized carbons (Fsp3) is 0.667. The van der Waals surface area contributed by atoms with Crippen molar-refractivity contribution < 1.29 is 14.6 Å². The van der Waals surface area contributed by atoms with E-state index in [1.54, 1.807) is 13.4 Å². The van der Waals surface area contributed by atoms with Crippen LogP contribution in [0.15, 0.2) is 6.33 Å². The number of aliphatic hydroxyl groups excluding tert-OH is 1. The van der Waals surface area contributed by atoms with Gasteiger partial charge in [0.25, 0.3) is 0 Å². The van der Waals surface area contributed by atoms with Gasteiger partial charge in [0.15, 0.2) is 11.2 Å². The molecule has 0 saturated carbocycles. The van der Waals surface area contributed by atoms with Crippen molar-refractivity contribution in [1.82, 2.24) is 19.5 Å². The Labute approximate surface area is 156 Å². The Morgan fingerprint density at radius 1 is 1.38 bits per heavy atom. The molecule has 0 aromatic carbocycles. The number of fused-ring (bicyclic) bond motifs is 1. The number of nitrogens with one attached hydrogen (secondary N) is 1. The van der Waals surface area contributed by atoms with Crippen molar-refractivity contribution >= 4 is 40.0 Å². The Bertz CT molecular complexity index is 618. The Kier molecular flexibility index (Phi) is 9.22. The first kappa shape index (κ1) is 20.8. The van der Waals surface area contributed by atoms with Crippen LogP contribution >= 0.6 is 22.9 Å². The van der Waals surface area contributed by atoms with Gasteiger partial charge in [-0.2, -0.15) is 9.97 Å². The summed E-state index contributed by atoms with van der Waals surface area (Å²) in [5.41, 5.74) is 1.32. The standard InChI is InChI=1S/C13H20IN5O3.C2H6/c1-4-22-12-10-11(16-13(17-12)18-14)19(7-15-10)8(2)5-9(6-20)21-3;1-2/h7-9,20H,4-6H2,1-3H3,(H,16,17,18);1-2H3. The molecular formula is C15H26IN5O3. The van der Waals surface area contributed by atoms with Crippen molar-refractivity contribution in [3.05, 3.63) is 6.33 Å². The zero-order valence-corrected chi connectivity index (χ0v) is 16.9. The van der Waals surface area contributed by atoms with Crippen LogP contribution in [0.4, 0.5) is 5.95 Å². The molecule has 0 amide bonds. The average molecular weight is 451 g/mol. The van der Waals surface area contributed by atoms with Gasteiger partial charge in [-0.3, -0.25) is 3.53 Å². The van der Waals surface area contributed by atoms with E-state index < -0.39 is 0 Å². The molecule has 0 radical (unpaired) electrons. The van der Waals surface area contributed by atoms with Crippen molar-refractivity contribution in [3.8, 4) is 5.88 Å². The average Bonchev–Trinajstić information content (AvgIpc) is 3.05. The second kappa shape index (κ2) is 10.6. The molecule has 9 heteroatoms. The molecule has 0 aliphatic carbocycles. The van der Waals surface area contributed by atoms with E-state index in [4.69, 9.17) is 9.47 Å². The summed E-state index contributed by atoms with van der Waals surface area (Å²) < 4.78 is 15.6. The molecule has 2 aromatic heterocycles. The lowest BCUT2D eigenvalue weighted by Gasteiger charge is -2.19. The molecule has 0 aliphatic heterocycles. The molecule has 2 heterocycles. The van der Waals surface area contributed by atoms with E-state index in [1.165, 1.54) is 0 Å². The van der Waals surface area contributed by atoms with Gasteiger partial charge in [0.05, 0.1) is 48.5 Å². The third-order valence-electron chi connectivity index (χ3n) is 3.37. The molecule has 2 N–H and O–H groups in total. The van der Waals surface area contributed by atoms with Gasteiger partial charge in [0.1, 0.15) is 0 Å². The minimum Gasteiger partial charge on any atom is -0.476 e. The van der Waals surface area contributed by atoms with Gasteiger partial charge >= 0.3 is 0 Å². The summed E-state index contributed by atoms with van der Waals surface area (Å²) >= 11 is 1.98. The van der Waals surface area contributed by atoms with Crippen LogP contribution in [0.1, 0.15) is 40.2 Å². The van der Waals surface area contributed by atoms with Crippen LogP contribution in [0, 0.1) is 0 Å². The molecule has 2 rings (SSSR count). The highest BCUT2D eigenvalue weighted by molar-refractivity contribution is 14.1. The summed E-state index contributed by atoms with van der Waals surface area (Å²) in [7, 11) is 1.59. The smallest absolute Gasteiger partial charge is 0.247 e. The van der Waals surface area contributed by atoms with Crippen LogP contribution in [-0.2, 0) is 4.74 Å². The minimum absolute atomic E-state index is 0.0206. The highest BCUT2D eigenvalue weighted by Gasteiger charge is 2.19. The second-order valence-corrected chi connectivity index (χ2v) is 5.37. The summed E-state index contributed by atoms with van der Waals surface area (Å²) in [4.78, 5) is 13.1. The molecule has 2 aromatic rings. The number of anilines is 1. The lowest BCUT2D eigenvalue weighted by Crippen LogP contribution is -2.20. The molecule has 0 fully saturated rings. The maximum Gasteiger partial charge on any atom is 0.247 e. The largest absolute Gasteiger partial charge is 0.476 e. The van der Waals surface area contributed by atoms with Crippen LogP contribution in [0.25, 0.3) is 11.2 Å². The number of imidazole rings is 1. The number of ether oxygens (including phenoxy) is 2. The van der Waals surface area contributed by atoms with Crippen molar-refractivity contribution in [2.45, 2.75) is 46.3 Å². The van der Waals surface area contributed by atoms with Crippen LogP contribution in [-0.4, -0.2) is 51.1 Å². The minimum atomic E-state index is -0.220. The van der Waals surface area contributed by atoms with Gasteiger partial charge in [-0.1, -0.05) is 13.8 Å². The molecule has 8 nitrogen and oxygen atoms in total. The zero-order chi connectivity index (χ0) is 18.1. The van der Waals surface area contributed by atoms with Crippen molar-refractivity contribution in [3.63, 3.8) is 0 Å². The van der Waals surface area contributed by atoms with Gasteiger partial charge in [-0.05, 0) is 20.3 Å². The number of aliphatic hydroxyl groups is 1. The molecule has 0 bridgehead atoms. The van der Waals surface area contributed by atoms with E-state index in [-0.39, 0.29) is 18.8 Å². The van der Waals surface area contributed by atoms with Gasteiger partial charge in [0.2, 0.25) is 11.8 Å². The number of hydrogen-bond donors (Lipinski definition) is 2. The molecule has 0 aliphatic rings. The first-order chi connectivity index (χ1) is 11.6. The van der Waals surface area contributed by atoms with Crippen LogP contribution in [0.5, 0.6) is 5.88 Å². The molecule has 2 atom stereocenters. The third kappa shape index (κ3) is 4.90. The summed E-state index contributed by atoms with van der Waals surface area (Å²) in [6.45, 7) is 8.41. The SMILES string of the molecule is CC.CCOc1nc(NI)nc2c1ncn2C(C)CC(CO)OC. The Morgan fingerprint density at radius 3 is 2.62 bits per heavy atom. The molecule has 0 spiro atoms. The predicted molar refractivity (Wildman–Crippen MR) is 103 cm³/mol. The van der Waals surface area contributed by atoms with Gasteiger partial charge < -0.3 is 19.1 Å². The number of aromatic nitrogens is 4. The highest BCUT2D eigenvalue weighted by Crippen LogP contribution is 2.27. The number of nitrogens with zero attached hydrogens (tertiary/aromatic N) is 4. The third-order valence-corrected chi connectivity index (χ3v) is 3.85. The predicted octanol–water partition coefficient (Wildman–Crippen LogP) is 2.97. The summed E-state index contributed by atoms with van der Waals surface area (Å²) in [5, 5.41) is 9.28. The number of halogens is 1. The topological polar surface area (TPSA) is 94.3 Å². The van der Waals surface area contributed by atoms with Crippen molar-refractivity contribution in [2.24, 2.45) is 0 Å². The second-order valence-electron chi connectivity index (χ2n) is 4.83. The van der Waals surface area contributed by atoms with E-state index >= 15 is 0 Å². The lowest BCUT2D eigenvalue weighted by molar-refractivity contribution is 0.0348. The Hall–Kier alpha value is -1.20. The zero-order valence-electron chi connectivity index (χ0n) is 14.8. The van der Waals surface area contributed by atoms with E-state index in [0.29, 0.717) is 36.0 Å². The van der Waals surface area contributed by atoms with Crippen molar-refractivity contribution in [1.29, 1.82) is 0 Å². The lowest BCUT2D eigenvalue weighted by atomic mass is 10.1. The number of rotatable bonds is 8. The maximum absolute atomic E-state index is 9.28. The molecular weight excluding hydrogens is 425 g/mol. The van der Waals surface area contributed by atoms with Gasteiger partial charge in [-0.25, -0.2) is 4.98 Å². The number of methoxy groups -OCH3 is 1. The van der Waals surface area contributed by atoms with E-state index in [0.717, 1.165) is 0 Å². The fourth-order valence-corrected chi connectivity index (χ4v) is 2.47. The monoisotopic (exact) mass is 451 g/mol. The highest BCUT2D eigenvalue weighted by atomic mass is 127. The van der Waals surface area contributed by atoms with E-state index in [9.17, 15) is 5.11 Å². The van der Waals surface area contributed by atoms with E-state index in [1.807, 2.05) is 55.1 Å². The fourth-order valence-electron chi connectivity index (χ4n) is 2.23. The number of hydrogen-bond acceptors (Lipinski definition) is 7. The summed E-state index contributed by atoms with van der Waals surface area (Å²) in [6.07, 6.45) is 2.15. The first-order valence-electron chi connectivity index (χ1n) is 8.02. The normalized spacial score (nSPS) is 13.1. The quantitative estimate of drug-likeness (QED) is 0.471. The Balaban J connectivity index is 0.00000139. The maximum atomic E-state index is 9.28. The molecule has 24 heavy (non-hydrogen) atoms. The summed E-state index contributed by atoms with van der Waals surface area (Å²) in [6, 6.07) is 0.0635. The first-order valence-corrected chi connectivity index (χ1v) is 9.10. The van der Waals surface area contributed by atoms with Crippen LogP contribution < -0.4 is 8.27 Å².